The Morgan fingerprint density at radius 3 is 2.12 bits per heavy atom. The first-order valence-corrected chi connectivity index (χ1v) is 6.80. The number of esters is 1. The van der Waals surface area contributed by atoms with E-state index in [9.17, 15) is 9.59 Å². The summed E-state index contributed by atoms with van der Waals surface area (Å²) >= 11 is 0. The van der Waals surface area contributed by atoms with Gasteiger partial charge in [-0.15, -0.1) is 0 Å². The van der Waals surface area contributed by atoms with Crippen molar-refractivity contribution in [2.24, 2.45) is 5.92 Å². The number of rotatable bonds is 10. The van der Waals surface area contributed by atoms with Gasteiger partial charge in [-0.3, -0.25) is 9.59 Å². The predicted octanol–water partition coefficient (Wildman–Crippen LogP) is 3.51. The highest BCUT2D eigenvalue weighted by Crippen LogP contribution is 2.14. The Labute approximate surface area is 105 Å². The average molecular weight is 242 g/mol. The maximum Gasteiger partial charge on any atom is 0.316 e. The molecule has 0 saturated heterocycles. The lowest BCUT2D eigenvalue weighted by atomic mass is 9.97. The zero-order valence-electron chi connectivity index (χ0n) is 11.5. The van der Waals surface area contributed by atoms with Crippen LogP contribution in [-0.4, -0.2) is 18.4 Å². The minimum absolute atomic E-state index is 0.0722. The van der Waals surface area contributed by atoms with Gasteiger partial charge in [-0.2, -0.15) is 0 Å². The van der Waals surface area contributed by atoms with Gasteiger partial charge in [0.05, 0.1) is 6.61 Å². The first kappa shape index (κ1) is 16.1. The van der Waals surface area contributed by atoms with Crippen LogP contribution in [-0.2, 0) is 14.3 Å². The van der Waals surface area contributed by atoms with E-state index in [-0.39, 0.29) is 11.8 Å². The fourth-order valence-electron chi connectivity index (χ4n) is 1.86. The molecule has 0 N–H and O–H groups in total. The van der Waals surface area contributed by atoms with Gasteiger partial charge in [0.1, 0.15) is 11.7 Å². The smallest absolute Gasteiger partial charge is 0.316 e. The van der Waals surface area contributed by atoms with Crippen LogP contribution in [0.4, 0.5) is 0 Å². The molecule has 0 aromatic heterocycles. The highest BCUT2D eigenvalue weighted by molar-refractivity contribution is 5.97. The van der Waals surface area contributed by atoms with Crippen molar-refractivity contribution in [3.05, 3.63) is 0 Å². The summed E-state index contributed by atoms with van der Waals surface area (Å²) in [4.78, 5) is 22.8. The highest BCUT2D eigenvalue weighted by Gasteiger charge is 2.23. The molecule has 3 heteroatoms. The van der Waals surface area contributed by atoms with Crippen LogP contribution in [0.1, 0.15) is 65.7 Å². The van der Waals surface area contributed by atoms with E-state index in [4.69, 9.17) is 4.74 Å². The molecule has 0 amide bonds. The standard InChI is InChI=1S/C14H26O3/c1-4-6-7-8-9-10-11-13(12(3)15)14(16)17-5-2/h13H,4-11H2,1-3H3/t13-/m1/s1. The van der Waals surface area contributed by atoms with Crippen LogP contribution in [0.5, 0.6) is 0 Å². The van der Waals surface area contributed by atoms with Gasteiger partial charge in [0.2, 0.25) is 0 Å². The number of carbonyl (C=O) groups excluding carboxylic acids is 2. The van der Waals surface area contributed by atoms with E-state index in [1.807, 2.05) is 0 Å². The van der Waals surface area contributed by atoms with Crippen molar-refractivity contribution < 1.29 is 14.3 Å². The van der Waals surface area contributed by atoms with Gasteiger partial charge in [0.15, 0.2) is 0 Å². The van der Waals surface area contributed by atoms with Crippen LogP contribution >= 0.6 is 0 Å². The van der Waals surface area contributed by atoms with Crippen molar-refractivity contribution in [2.45, 2.75) is 65.7 Å². The van der Waals surface area contributed by atoms with Crippen LogP contribution in [0.25, 0.3) is 0 Å². The van der Waals surface area contributed by atoms with Crippen LogP contribution in [0.15, 0.2) is 0 Å². The van der Waals surface area contributed by atoms with E-state index in [0.717, 1.165) is 12.8 Å². The Balaban J connectivity index is 3.78. The number of hydrogen-bond acceptors (Lipinski definition) is 3. The van der Waals surface area contributed by atoms with Crippen molar-refractivity contribution >= 4 is 11.8 Å². The Bertz CT molecular complexity index is 224. The van der Waals surface area contributed by atoms with E-state index in [1.54, 1.807) is 6.92 Å². The number of Topliss-reactive ketones (excluding diaryl/α,β-unsaturated/α-hetero) is 1. The van der Waals surface area contributed by atoms with Crippen LogP contribution in [0.3, 0.4) is 0 Å². The molecule has 0 fully saturated rings. The lowest BCUT2D eigenvalue weighted by molar-refractivity contribution is -0.151. The second kappa shape index (κ2) is 10.3. The summed E-state index contributed by atoms with van der Waals surface area (Å²) < 4.78 is 4.90. The van der Waals surface area contributed by atoms with Gasteiger partial charge < -0.3 is 4.74 Å². The van der Waals surface area contributed by atoms with Gasteiger partial charge in [-0.25, -0.2) is 0 Å². The molecular weight excluding hydrogens is 216 g/mol. The second-order valence-corrected chi connectivity index (χ2v) is 4.47. The molecule has 0 heterocycles. The number of hydrogen-bond donors (Lipinski definition) is 0. The molecule has 0 radical (unpaired) electrons. The average Bonchev–Trinajstić information content (AvgIpc) is 2.27. The molecule has 0 aliphatic carbocycles. The number of ether oxygens (including phenoxy) is 1. The third kappa shape index (κ3) is 7.94. The van der Waals surface area contributed by atoms with Crippen LogP contribution in [0.2, 0.25) is 0 Å². The van der Waals surface area contributed by atoms with Crippen molar-refractivity contribution in [3.8, 4) is 0 Å². The summed E-state index contributed by atoms with van der Waals surface area (Å²) in [5.41, 5.74) is 0. The summed E-state index contributed by atoms with van der Waals surface area (Å²) in [6.07, 6.45) is 7.63. The largest absolute Gasteiger partial charge is 0.465 e. The van der Waals surface area contributed by atoms with E-state index < -0.39 is 5.92 Å². The first-order chi connectivity index (χ1) is 8.13. The third-order valence-electron chi connectivity index (χ3n) is 2.91. The maximum absolute atomic E-state index is 11.5. The molecule has 0 rings (SSSR count). The highest BCUT2D eigenvalue weighted by atomic mass is 16.5. The topological polar surface area (TPSA) is 43.4 Å². The second-order valence-electron chi connectivity index (χ2n) is 4.47. The van der Waals surface area contributed by atoms with Crippen molar-refractivity contribution in [1.82, 2.24) is 0 Å². The molecule has 0 aliphatic heterocycles. The van der Waals surface area contributed by atoms with Gasteiger partial charge in [0, 0.05) is 0 Å². The van der Waals surface area contributed by atoms with Crippen LogP contribution in [0, 0.1) is 5.92 Å². The van der Waals surface area contributed by atoms with Gasteiger partial charge in [-0.05, 0) is 20.3 Å². The lowest BCUT2D eigenvalue weighted by Crippen LogP contribution is -2.24. The fraction of sp³-hybridized carbons (Fsp3) is 0.857. The lowest BCUT2D eigenvalue weighted by Gasteiger charge is -2.12. The number of ketones is 1. The molecular formula is C14H26O3. The molecule has 0 unspecified atom stereocenters. The molecule has 17 heavy (non-hydrogen) atoms. The molecule has 0 saturated carbocycles. The summed E-state index contributed by atoms with van der Waals surface area (Å²) in [6.45, 7) is 5.77. The number of unbranched alkanes of at least 4 members (excludes halogenated alkanes) is 5. The molecule has 0 spiro atoms. The van der Waals surface area contributed by atoms with E-state index in [1.165, 1.54) is 32.6 Å². The van der Waals surface area contributed by atoms with Gasteiger partial charge in [0.25, 0.3) is 0 Å². The quantitative estimate of drug-likeness (QED) is 0.334. The SMILES string of the molecule is CCCCCCCC[C@H](C(C)=O)C(=O)OCC. The summed E-state index contributed by atoms with van der Waals surface area (Å²) in [6, 6.07) is 0. The molecule has 0 aromatic rings. The normalized spacial score (nSPS) is 12.2. The Morgan fingerprint density at radius 1 is 1.00 bits per heavy atom. The molecule has 0 aliphatic rings. The molecule has 0 bridgehead atoms. The molecule has 0 aromatic carbocycles. The molecule has 100 valence electrons. The zero-order valence-corrected chi connectivity index (χ0v) is 11.5. The Morgan fingerprint density at radius 2 is 1.59 bits per heavy atom. The van der Waals surface area contributed by atoms with Crippen LogP contribution < -0.4 is 0 Å². The van der Waals surface area contributed by atoms with Gasteiger partial charge >= 0.3 is 5.97 Å². The van der Waals surface area contributed by atoms with Crippen molar-refractivity contribution in [1.29, 1.82) is 0 Å². The third-order valence-corrected chi connectivity index (χ3v) is 2.91. The van der Waals surface area contributed by atoms with E-state index in [0.29, 0.717) is 13.0 Å². The zero-order chi connectivity index (χ0) is 13.1. The summed E-state index contributed by atoms with van der Waals surface area (Å²) in [5, 5.41) is 0. The minimum Gasteiger partial charge on any atom is -0.465 e. The monoisotopic (exact) mass is 242 g/mol. The Hall–Kier alpha value is -0.860. The predicted molar refractivity (Wildman–Crippen MR) is 68.8 cm³/mol. The molecule has 3 nitrogen and oxygen atoms in total. The number of carbonyl (C=O) groups is 2. The van der Waals surface area contributed by atoms with Crippen molar-refractivity contribution in [2.75, 3.05) is 6.61 Å². The maximum atomic E-state index is 11.5. The van der Waals surface area contributed by atoms with E-state index in [2.05, 4.69) is 6.92 Å². The van der Waals surface area contributed by atoms with E-state index >= 15 is 0 Å². The summed E-state index contributed by atoms with van der Waals surface area (Å²) in [5.74, 6) is -0.966. The molecule has 1 atom stereocenters. The fourth-order valence-corrected chi connectivity index (χ4v) is 1.86. The van der Waals surface area contributed by atoms with Crippen molar-refractivity contribution in [3.63, 3.8) is 0 Å². The summed E-state index contributed by atoms with van der Waals surface area (Å²) in [7, 11) is 0. The minimum atomic E-state index is -0.541. The Kier molecular flexibility index (Phi) is 9.78. The first-order valence-electron chi connectivity index (χ1n) is 6.80. The van der Waals surface area contributed by atoms with Gasteiger partial charge in [-0.1, -0.05) is 45.4 Å².